The average molecular weight is 200 g/mol. The Hall–Kier alpha value is -0.860. The van der Waals surface area contributed by atoms with Crippen molar-refractivity contribution in [2.45, 2.75) is 52.4 Å². The minimum Gasteiger partial charge on any atom is -0.481 e. The van der Waals surface area contributed by atoms with Crippen molar-refractivity contribution in [2.24, 2.45) is 5.92 Å². The van der Waals surface area contributed by atoms with Crippen molar-refractivity contribution in [2.75, 3.05) is 0 Å². The number of ketones is 1. The molecule has 0 aliphatic rings. The van der Waals surface area contributed by atoms with Gasteiger partial charge in [-0.3, -0.25) is 9.59 Å². The summed E-state index contributed by atoms with van der Waals surface area (Å²) in [6.07, 6.45) is 3.78. The summed E-state index contributed by atoms with van der Waals surface area (Å²) in [7, 11) is 0. The van der Waals surface area contributed by atoms with Crippen LogP contribution in [-0.4, -0.2) is 16.9 Å². The summed E-state index contributed by atoms with van der Waals surface area (Å²) >= 11 is 0. The number of carboxylic acids is 1. The van der Waals surface area contributed by atoms with Gasteiger partial charge in [0.15, 0.2) is 0 Å². The number of Topliss-reactive ketones (excluding diaryl/α,β-unsaturated/α-hetero) is 1. The van der Waals surface area contributed by atoms with Gasteiger partial charge < -0.3 is 5.11 Å². The molecule has 14 heavy (non-hydrogen) atoms. The Balaban J connectivity index is 3.94. The number of carbonyl (C=O) groups excluding carboxylic acids is 1. The first-order valence-electron chi connectivity index (χ1n) is 5.33. The molecule has 1 unspecified atom stereocenters. The van der Waals surface area contributed by atoms with Gasteiger partial charge in [-0.15, -0.1) is 0 Å². The van der Waals surface area contributed by atoms with E-state index in [-0.39, 0.29) is 18.1 Å². The van der Waals surface area contributed by atoms with Crippen molar-refractivity contribution in [1.29, 1.82) is 0 Å². The zero-order chi connectivity index (χ0) is 11.0. The van der Waals surface area contributed by atoms with Gasteiger partial charge in [0.05, 0.1) is 0 Å². The quantitative estimate of drug-likeness (QED) is 0.655. The molecule has 1 atom stereocenters. The second kappa shape index (κ2) is 7.54. The SMILES string of the molecule is CCCC(=O)CC(CCC)CC(=O)O. The zero-order valence-electron chi connectivity index (χ0n) is 9.08. The molecule has 0 spiro atoms. The Morgan fingerprint density at radius 2 is 1.79 bits per heavy atom. The van der Waals surface area contributed by atoms with Crippen LogP contribution < -0.4 is 0 Å². The van der Waals surface area contributed by atoms with Gasteiger partial charge in [-0.25, -0.2) is 0 Å². The van der Waals surface area contributed by atoms with E-state index in [2.05, 4.69) is 0 Å². The molecule has 0 bridgehead atoms. The molecule has 0 radical (unpaired) electrons. The highest BCUT2D eigenvalue weighted by atomic mass is 16.4. The normalized spacial score (nSPS) is 12.4. The first-order chi connectivity index (χ1) is 6.60. The highest BCUT2D eigenvalue weighted by molar-refractivity contribution is 5.79. The van der Waals surface area contributed by atoms with E-state index < -0.39 is 5.97 Å². The summed E-state index contributed by atoms with van der Waals surface area (Å²) in [5.41, 5.74) is 0. The monoisotopic (exact) mass is 200 g/mol. The van der Waals surface area contributed by atoms with Gasteiger partial charge in [0.2, 0.25) is 0 Å². The molecule has 0 aromatic heterocycles. The van der Waals surface area contributed by atoms with Crippen molar-refractivity contribution >= 4 is 11.8 Å². The Kier molecular flexibility index (Phi) is 7.07. The molecule has 0 aromatic carbocycles. The Morgan fingerprint density at radius 1 is 1.14 bits per heavy atom. The second-order valence-corrected chi connectivity index (χ2v) is 3.75. The molecule has 0 saturated carbocycles. The van der Waals surface area contributed by atoms with E-state index in [4.69, 9.17) is 5.11 Å². The molecule has 0 aliphatic heterocycles. The molecule has 0 heterocycles. The predicted molar refractivity (Wildman–Crippen MR) is 55.2 cm³/mol. The molecule has 0 saturated heterocycles. The van der Waals surface area contributed by atoms with E-state index in [1.165, 1.54) is 0 Å². The molecule has 0 amide bonds. The van der Waals surface area contributed by atoms with Crippen molar-refractivity contribution < 1.29 is 14.7 Å². The topological polar surface area (TPSA) is 54.4 Å². The predicted octanol–water partition coefficient (Wildman–Crippen LogP) is 2.64. The summed E-state index contributed by atoms with van der Waals surface area (Å²) in [4.78, 5) is 21.8. The number of hydrogen-bond donors (Lipinski definition) is 1. The van der Waals surface area contributed by atoms with Gasteiger partial charge in [0.1, 0.15) is 5.78 Å². The molecule has 1 N–H and O–H groups in total. The summed E-state index contributed by atoms with van der Waals surface area (Å²) in [6, 6.07) is 0. The smallest absolute Gasteiger partial charge is 0.303 e. The van der Waals surface area contributed by atoms with E-state index in [1.807, 2.05) is 13.8 Å². The third-order valence-electron chi connectivity index (χ3n) is 2.21. The molecular weight excluding hydrogens is 180 g/mol. The van der Waals surface area contributed by atoms with E-state index in [0.29, 0.717) is 12.8 Å². The maximum absolute atomic E-state index is 11.3. The average Bonchev–Trinajstić information content (AvgIpc) is 2.03. The molecule has 0 aliphatic carbocycles. The van der Waals surface area contributed by atoms with Crippen molar-refractivity contribution in [3.05, 3.63) is 0 Å². The van der Waals surface area contributed by atoms with Crippen LogP contribution in [-0.2, 0) is 9.59 Å². The standard InChI is InChI=1S/C11H20O3/c1-3-5-9(8-11(13)14)7-10(12)6-4-2/h9H,3-8H2,1-2H3,(H,13,14). The third-order valence-corrected chi connectivity index (χ3v) is 2.21. The first-order valence-corrected chi connectivity index (χ1v) is 5.33. The van der Waals surface area contributed by atoms with Crippen LogP contribution in [0.4, 0.5) is 0 Å². The minimum atomic E-state index is -0.798. The van der Waals surface area contributed by atoms with Crippen molar-refractivity contribution in [3.8, 4) is 0 Å². The number of aliphatic carboxylic acids is 1. The van der Waals surface area contributed by atoms with Crippen molar-refractivity contribution in [1.82, 2.24) is 0 Å². The first kappa shape index (κ1) is 13.1. The van der Waals surface area contributed by atoms with Crippen LogP contribution in [0.3, 0.4) is 0 Å². The van der Waals surface area contributed by atoms with Crippen LogP contribution in [0.1, 0.15) is 52.4 Å². The molecular formula is C11H20O3. The van der Waals surface area contributed by atoms with Gasteiger partial charge in [0, 0.05) is 19.3 Å². The van der Waals surface area contributed by atoms with E-state index in [9.17, 15) is 9.59 Å². The van der Waals surface area contributed by atoms with Crippen LogP contribution >= 0.6 is 0 Å². The largest absolute Gasteiger partial charge is 0.481 e. The number of hydrogen-bond acceptors (Lipinski definition) is 2. The van der Waals surface area contributed by atoms with E-state index in [1.54, 1.807) is 0 Å². The summed E-state index contributed by atoms with van der Waals surface area (Å²) in [6.45, 7) is 3.98. The minimum absolute atomic E-state index is 0.0385. The van der Waals surface area contributed by atoms with Crippen molar-refractivity contribution in [3.63, 3.8) is 0 Å². The number of rotatable bonds is 8. The van der Waals surface area contributed by atoms with Gasteiger partial charge >= 0.3 is 5.97 Å². The van der Waals surface area contributed by atoms with E-state index in [0.717, 1.165) is 19.3 Å². The number of carboxylic acid groups (broad SMARTS) is 1. The lowest BCUT2D eigenvalue weighted by Crippen LogP contribution is -2.12. The Labute approximate surface area is 85.5 Å². The molecule has 0 aromatic rings. The van der Waals surface area contributed by atoms with Crippen LogP contribution in [0, 0.1) is 5.92 Å². The molecule has 0 fully saturated rings. The summed E-state index contributed by atoms with van der Waals surface area (Å²) in [5.74, 6) is -0.559. The van der Waals surface area contributed by atoms with Crippen LogP contribution in [0.5, 0.6) is 0 Å². The second-order valence-electron chi connectivity index (χ2n) is 3.75. The highest BCUT2D eigenvalue weighted by Crippen LogP contribution is 2.17. The molecule has 3 heteroatoms. The fourth-order valence-electron chi connectivity index (χ4n) is 1.63. The fraction of sp³-hybridized carbons (Fsp3) is 0.818. The van der Waals surface area contributed by atoms with Crippen LogP contribution in [0.2, 0.25) is 0 Å². The Bertz CT molecular complexity index is 187. The summed E-state index contributed by atoms with van der Waals surface area (Å²) < 4.78 is 0. The maximum Gasteiger partial charge on any atom is 0.303 e. The fourth-order valence-corrected chi connectivity index (χ4v) is 1.63. The lowest BCUT2D eigenvalue weighted by Gasteiger charge is -2.12. The van der Waals surface area contributed by atoms with Gasteiger partial charge in [-0.2, -0.15) is 0 Å². The molecule has 0 rings (SSSR count). The highest BCUT2D eigenvalue weighted by Gasteiger charge is 2.15. The molecule has 82 valence electrons. The summed E-state index contributed by atoms with van der Waals surface area (Å²) in [5, 5.41) is 8.64. The van der Waals surface area contributed by atoms with Gasteiger partial charge in [-0.05, 0) is 18.8 Å². The lowest BCUT2D eigenvalue weighted by molar-refractivity contribution is -0.138. The van der Waals surface area contributed by atoms with Gasteiger partial charge in [0.25, 0.3) is 0 Å². The van der Waals surface area contributed by atoms with Crippen LogP contribution in [0.15, 0.2) is 0 Å². The third kappa shape index (κ3) is 6.63. The molecule has 3 nitrogen and oxygen atoms in total. The van der Waals surface area contributed by atoms with E-state index >= 15 is 0 Å². The van der Waals surface area contributed by atoms with Gasteiger partial charge in [-0.1, -0.05) is 20.3 Å². The van der Waals surface area contributed by atoms with Crippen LogP contribution in [0.25, 0.3) is 0 Å². The maximum atomic E-state index is 11.3. The lowest BCUT2D eigenvalue weighted by atomic mass is 9.93. The Morgan fingerprint density at radius 3 is 2.21 bits per heavy atom. The zero-order valence-corrected chi connectivity index (χ0v) is 9.08. The number of carbonyl (C=O) groups is 2.